The van der Waals surface area contributed by atoms with Gasteiger partial charge >= 0.3 is 6.09 Å². The fourth-order valence-electron chi connectivity index (χ4n) is 2.25. The molecule has 1 aromatic carbocycles. The Labute approximate surface area is 149 Å². The second kappa shape index (κ2) is 8.66. The molecule has 0 fully saturated rings. The molecule has 8 heteroatoms. The van der Waals surface area contributed by atoms with Crippen LogP contribution in [0, 0.1) is 0 Å². The average Bonchev–Trinajstić information content (AvgIpc) is 2.59. The molecule has 0 radical (unpaired) electrons. The summed E-state index contributed by atoms with van der Waals surface area (Å²) < 4.78 is 6.27. The van der Waals surface area contributed by atoms with E-state index >= 15 is 0 Å². The highest BCUT2D eigenvalue weighted by Gasteiger charge is 2.17. The van der Waals surface area contributed by atoms with Crippen molar-refractivity contribution in [2.24, 2.45) is 0 Å². The van der Waals surface area contributed by atoms with Crippen LogP contribution in [-0.4, -0.2) is 33.9 Å². The molecule has 2 rings (SSSR count). The number of carbonyl (C=O) groups excluding carboxylic acids is 2. The van der Waals surface area contributed by atoms with Gasteiger partial charge in [0.05, 0.1) is 23.3 Å². The van der Waals surface area contributed by atoms with Crippen LogP contribution in [0.1, 0.15) is 33.2 Å². The first kappa shape index (κ1) is 19.0. The molecule has 134 valence electrons. The molecule has 0 aliphatic heterocycles. The topological polar surface area (TPSA) is 90.3 Å². The number of fused-ring (bicyclic) bond motifs is 1. The van der Waals surface area contributed by atoms with E-state index in [1.165, 1.54) is 0 Å². The van der Waals surface area contributed by atoms with Gasteiger partial charge in [0, 0.05) is 6.04 Å². The summed E-state index contributed by atoms with van der Waals surface area (Å²) in [6.07, 6.45) is -0.0263. The molecule has 1 atom stereocenters. The molecule has 1 N–H and O–H groups in total. The van der Waals surface area contributed by atoms with Crippen molar-refractivity contribution in [3.05, 3.63) is 34.6 Å². The Hall–Kier alpha value is -2.35. The van der Waals surface area contributed by atoms with Gasteiger partial charge in [0.25, 0.3) is 5.56 Å². The average molecular weight is 363 g/mol. The van der Waals surface area contributed by atoms with Crippen LogP contribution in [-0.2, 0) is 9.53 Å². The zero-order chi connectivity index (χ0) is 18.4. The van der Waals surface area contributed by atoms with Crippen molar-refractivity contribution in [1.29, 1.82) is 0 Å². The molecule has 1 aromatic heterocycles. The highest BCUT2D eigenvalue weighted by Crippen LogP contribution is 2.22. The number of nitrogens with one attached hydrogen (secondary N) is 1. The fourth-order valence-corrected chi connectivity index (χ4v) is 3.14. The summed E-state index contributed by atoms with van der Waals surface area (Å²) >= 11 is 1.12. The van der Waals surface area contributed by atoms with E-state index < -0.39 is 12.0 Å². The molecule has 0 saturated heterocycles. The molecule has 25 heavy (non-hydrogen) atoms. The zero-order valence-corrected chi connectivity index (χ0v) is 15.3. The lowest BCUT2D eigenvalue weighted by molar-refractivity contribution is -0.117. The third-order valence-electron chi connectivity index (χ3n) is 3.66. The van der Waals surface area contributed by atoms with Crippen molar-refractivity contribution >= 4 is 34.7 Å². The molecule has 7 nitrogen and oxygen atoms in total. The molecular weight excluding hydrogens is 342 g/mol. The van der Waals surface area contributed by atoms with Gasteiger partial charge in [0.2, 0.25) is 5.91 Å². The molecule has 2 amide bonds. The maximum Gasteiger partial charge on any atom is 0.413 e. The Morgan fingerprint density at radius 1 is 1.32 bits per heavy atom. The second-order valence-electron chi connectivity index (χ2n) is 5.40. The summed E-state index contributed by atoms with van der Waals surface area (Å²) in [5, 5.41) is 3.13. The number of nitrogens with zero attached hydrogens (tertiary/aromatic N) is 2. The monoisotopic (exact) mass is 363 g/mol. The summed E-state index contributed by atoms with van der Waals surface area (Å²) in [6, 6.07) is 7.06. The zero-order valence-electron chi connectivity index (χ0n) is 14.4. The minimum Gasteiger partial charge on any atom is -0.450 e. The number of alkyl carbamates (subject to hydrolysis) is 1. The smallest absolute Gasteiger partial charge is 0.413 e. The van der Waals surface area contributed by atoms with E-state index in [0.717, 1.165) is 18.2 Å². The predicted octanol–water partition coefficient (Wildman–Crippen LogP) is 2.73. The van der Waals surface area contributed by atoms with Crippen LogP contribution in [0.15, 0.2) is 34.2 Å². The van der Waals surface area contributed by atoms with E-state index in [4.69, 9.17) is 0 Å². The molecule has 0 spiro atoms. The Balaban J connectivity index is 2.28. The molecule has 2 aromatic rings. The second-order valence-corrected chi connectivity index (χ2v) is 6.34. The van der Waals surface area contributed by atoms with Crippen LogP contribution >= 0.6 is 11.8 Å². The van der Waals surface area contributed by atoms with Gasteiger partial charge in [-0.1, -0.05) is 30.8 Å². The highest BCUT2D eigenvalue weighted by molar-refractivity contribution is 7.99. The lowest BCUT2D eigenvalue weighted by atomic mass is 10.2. The number of amides is 2. The van der Waals surface area contributed by atoms with Crippen molar-refractivity contribution in [2.75, 3.05) is 12.4 Å². The third-order valence-corrected chi connectivity index (χ3v) is 4.61. The fraction of sp³-hybridized carbons (Fsp3) is 0.412. The number of rotatable bonds is 6. The standard InChI is InChI=1S/C17H21N3O4S/c1-4-11(3)20-15(22)12-8-6-7-9-13(12)18-16(20)25-10-14(21)19-17(23)24-5-2/h6-9,11H,4-5,10H2,1-3H3,(H,19,21,23). The number of carbonyl (C=O) groups is 2. The number of para-hydroxylation sites is 1. The van der Waals surface area contributed by atoms with Crippen LogP contribution < -0.4 is 10.9 Å². The summed E-state index contributed by atoms with van der Waals surface area (Å²) in [5.74, 6) is -0.540. The molecule has 0 saturated carbocycles. The van der Waals surface area contributed by atoms with Gasteiger partial charge in [-0.05, 0) is 32.4 Å². The van der Waals surface area contributed by atoms with Crippen LogP contribution in [0.2, 0.25) is 0 Å². The number of benzene rings is 1. The molecule has 0 bridgehead atoms. The first-order valence-electron chi connectivity index (χ1n) is 8.08. The predicted molar refractivity (Wildman–Crippen MR) is 96.9 cm³/mol. The third kappa shape index (κ3) is 4.60. The van der Waals surface area contributed by atoms with Gasteiger partial charge in [-0.25, -0.2) is 9.78 Å². The van der Waals surface area contributed by atoms with E-state index in [0.29, 0.717) is 16.1 Å². The molecule has 0 aliphatic rings. The SMILES string of the molecule is CCOC(=O)NC(=O)CSc1nc2ccccc2c(=O)n1C(C)CC. The van der Waals surface area contributed by atoms with E-state index in [1.54, 1.807) is 29.7 Å². The Kier molecular flexibility index (Phi) is 6.58. The summed E-state index contributed by atoms with van der Waals surface area (Å²) in [7, 11) is 0. The Bertz CT molecular complexity index is 834. The molecule has 0 aliphatic carbocycles. The van der Waals surface area contributed by atoms with E-state index in [1.807, 2.05) is 19.9 Å². The van der Waals surface area contributed by atoms with Gasteiger partial charge < -0.3 is 4.74 Å². The van der Waals surface area contributed by atoms with Crippen molar-refractivity contribution < 1.29 is 14.3 Å². The van der Waals surface area contributed by atoms with E-state index in [2.05, 4.69) is 15.0 Å². The minimum absolute atomic E-state index is 0.0416. The highest BCUT2D eigenvalue weighted by atomic mass is 32.2. The summed E-state index contributed by atoms with van der Waals surface area (Å²) in [4.78, 5) is 40.4. The lowest BCUT2D eigenvalue weighted by Gasteiger charge is -2.18. The molecule has 1 heterocycles. The van der Waals surface area contributed by atoms with Crippen LogP contribution in [0.3, 0.4) is 0 Å². The number of hydrogen-bond donors (Lipinski definition) is 1. The number of ether oxygens (including phenoxy) is 1. The van der Waals surface area contributed by atoms with Gasteiger partial charge in [-0.15, -0.1) is 0 Å². The number of thioether (sulfide) groups is 1. The quantitative estimate of drug-likeness (QED) is 0.627. The van der Waals surface area contributed by atoms with Gasteiger partial charge in [-0.3, -0.25) is 19.5 Å². The number of aromatic nitrogens is 2. The largest absolute Gasteiger partial charge is 0.450 e. The molecular formula is C17H21N3O4S. The first-order valence-corrected chi connectivity index (χ1v) is 9.07. The Morgan fingerprint density at radius 3 is 2.72 bits per heavy atom. The minimum atomic E-state index is -0.779. The van der Waals surface area contributed by atoms with Crippen LogP contribution in [0.5, 0.6) is 0 Å². The van der Waals surface area contributed by atoms with Gasteiger partial charge in [0.15, 0.2) is 5.16 Å². The van der Waals surface area contributed by atoms with Crippen LogP contribution in [0.25, 0.3) is 10.9 Å². The lowest BCUT2D eigenvalue weighted by Crippen LogP contribution is -2.33. The Morgan fingerprint density at radius 2 is 2.04 bits per heavy atom. The first-order chi connectivity index (χ1) is 12.0. The van der Waals surface area contributed by atoms with Crippen molar-refractivity contribution in [3.63, 3.8) is 0 Å². The van der Waals surface area contributed by atoms with Crippen LogP contribution in [0.4, 0.5) is 4.79 Å². The number of hydrogen-bond acceptors (Lipinski definition) is 6. The normalized spacial score (nSPS) is 12.0. The number of imide groups is 1. The van der Waals surface area contributed by atoms with Gasteiger partial charge in [-0.2, -0.15) is 0 Å². The van der Waals surface area contributed by atoms with E-state index in [9.17, 15) is 14.4 Å². The van der Waals surface area contributed by atoms with E-state index in [-0.39, 0.29) is 24.0 Å². The maximum absolute atomic E-state index is 12.8. The van der Waals surface area contributed by atoms with Crippen molar-refractivity contribution in [1.82, 2.24) is 14.9 Å². The van der Waals surface area contributed by atoms with Crippen molar-refractivity contribution in [3.8, 4) is 0 Å². The summed E-state index contributed by atoms with van der Waals surface area (Å²) in [5.41, 5.74) is 0.452. The van der Waals surface area contributed by atoms with Gasteiger partial charge in [0.1, 0.15) is 0 Å². The maximum atomic E-state index is 12.8. The molecule has 1 unspecified atom stereocenters. The van der Waals surface area contributed by atoms with Crippen molar-refractivity contribution in [2.45, 2.75) is 38.4 Å². The summed E-state index contributed by atoms with van der Waals surface area (Å²) in [6.45, 7) is 5.75.